The van der Waals surface area contributed by atoms with Crippen molar-refractivity contribution in [1.29, 1.82) is 0 Å². The van der Waals surface area contributed by atoms with Gasteiger partial charge in [0, 0.05) is 10.7 Å². The fourth-order valence-electron chi connectivity index (χ4n) is 2.30. The van der Waals surface area contributed by atoms with Crippen molar-refractivity contribution in [2.75, 3.05) is 17.7 Å². The average molecular weight is 347 g/mol. The highest BCUT2D eigenvalue weighted by Crippen LogP contribution is 2.28. The lowest BCUT2D eigenvalue weighted by atomic mass is 10.0. The lowest BCUT2D eigenvalue weighted by Gasteiger charge is -2.17. The van der Waals surface area contributed by atoms with Crippen LogP contribution in [0.5, 0.6) is 5.75 Å². The van der Waals surface area contributed by atoms with Crippen LogP contribution in [0.3, 0.4) is 0 Å². The zero-order chi connectivity index (χ0) is 17.7. The molecule has 0 aliphatic carbocycles. The molecule has 0 saturated carbocycles. The predicted molar refractivity (Wildman–Crippen MR) is 100 cm³/mol. The molecule has 2 aromatic rings. The van der Waals surface area contributed by atoms with Crippen LogP contribution in [0, 0.1) is 0 Å². The summed E-state index contributed by atoms with van der Waals surface area (Å²) in [7, 11) is 1.55. The average Bonchev–Trinajstić information content (AvgIpc) is 2.55. The van der Waals surface area contributed by atoms with Crippen LogP contribution in [0.25, 0.3) is 0 Å². The van der Waals surface area contributed by atoms with Gasteiger partial charge in [-0.25, -0.2) is 0 Å². The van der Waals surface area contributed by atoms with Crippen LogP contribution in [-0.4, -0.2) is 19.1 Å². The smallest absolute Gasteiger partial charge is 0.246 e. The second-order valence-corrected chi connectivity index (χ2v) is 6.41. The van der Waals surface area contributed by atoms with E-state index in [-0.39, 0.29) is 5.91 Å². The molecule has 5 heteroatoms. The number of halogens is 1. The number of ether oxygens (including phenoxy) is 1. The third kappa shape index (κ3) is 4.65. The van der Waals surface area contributed by atoms with Crippen LogP contribution in [0.1, 0.15) is 32.3 Å². The molecular weight excluding hydrogens is 324 g/mol. The monoisotopic (exact) mass is 346 g/mol. The molecule has 128 valence electrons. The van der Waals surface area contributed by atoms with Crippen molar-refractivity contribution in [2.24, 2.45) is 0 Å². The molecule has 0 unspecified atom stereocenters. The highest BCUT2D eigenvalue weighted by Gasteiger charge is 2.15. The Labute approximate surface area is 148 Å². The minimum atomic E-state index is -0.404. The SMILES string of the molecule is COc1ccc(Cl)cc1NC(=O)[C@H](C)Nc1ccc(C(C)C)cc1. The topological polar surface area (TPSA) is 50.4 Å². The molecule has 0 saturated heterocycles. The lowest BCUT2D eigenvalue weighted by Crippen LogP contribution is -2.32. The summed E-state index contributed by atoms with van der Waals surface area (Å²) in [5, 5.41) is 6.57. The van der Waals surface area contributed by atoms with Crippen LogP contribution in [0.2, 0.25) is 5.02 Å². The molecule has 0 radical (unpaired) electrons. The number of nitrogens with one attached hydrogen (secondary N) is 2. The Kier molecular flexibility index (Phi) is 6.10. The number of amides is 1. The zero-order valence-electron chi connectivity index (χ0n) is 14.4. The molecule has 2 N–H and O–H groups in total. The highest BCUT2D eigenvalue weighted by atomic mass is 35.5. The number of hydrogen-bond acceptors (Lipinski definition) is 3. The first kappa shape index (κ1) is 18.1. The molecule has 2 rings (SSSR count). The Morgan fingerprint density at radius 1 is 1.08 bits per heavy atom. The van der Waals surface area contributed by atoms with Crippen molar-refractivity contribution in [3.8, 4) is 5.75 Å². The van der Waals surface area contributed by atoms with Crippen LogP contribution >= 0.6 is 11.6 Å². The number of carbonyl (C=O) groups is 1. The van der Waals surface area contributed by atoms with E-state index in [0.717, 1.165) is 5.69 Å². The highest BCUT2D eigenvalue weighted by molar-refractivity contribution is 6.31. The van der Waals surface area contributed by atoms with Crippen LogP contribution < -0.4 is 15.4 Å². The second kappa shape index (κ2) is 8.06. The standard InChI is InChI=1S/C19H23ClN2O2/c1-12(2)14-5-8-16(9-6-14)21-13(3)19(23)22-17-11-15(20)7-10-18(17)24-4/h5-13,21H,1-4H3,(H,22,23)/t13-/m0/s1. The van der Waals surface area contributed by atoms with Crippen LogP contribution in [0.4, 0.5) is 11.4 Å². The predicted octanol–water partition coefficient (Wildman–Crippen LogP) is 4.91. The van der Waals surface area contributed by atoms with E-state index >= 15 is 0 Å². The van der Waals surface area contributed by atoms with Crippen molar-refractivity contribution in [3.05, 3.63) is 53.1 Å². The Hall–Kier alpha value is -2.20. The van der Waals surface area contributed by atoms with Crippen molar-refractivity contribution in [1.82, 2.24) is 0 Å². The molecule has 0 bridgehead atoms. The summed E-state index contributed by atoms with van der Waals surface area (Å²) in [4.78, 5) is 12.4. The van der Waals surface area contributed by atoms with Gasteiger partial charge in [0.05, 0.1) is 12.8 Å². The first-order valence-corrected chi connectivity index (χ1v) is 8.29. The fraction of sp³-hybridized carbons (Fsp3) is 0.316. The first-order chi connectivity index (χ1) is 11.4. The van der Waals surface area contributed by atoms with E-state index in [0.29, 0.717) is 22.4 Å². The van der Waals surface area contributed by atoms with E-state index in [1.54, 1.807) is 25.3 Å². The molecule has 0 fully saturated rings. The largest absolute Gasteiger partial charge is 0.495 e. The van der Waals surface area contributed by atoms with E-state index in [2.05, 4.69) is 36.6 Å². The number of methoxy groups -OCH3 is 1. The molecule has 1 amide bonds. The minimum absolute atomic E-state index is 0.163. The number of anilines is 2. The number of benzene rings is 2. The van der Waals surface area contributed by atoms with E-state index in [4.69, 9.17) is 16.3 Å². The molecule has 4 nitrogen and oxygen atoms in total. The second-order valence-electron chi connectivity index (χ2n) is 5.98. The maximum Gasteiger partial charge on any atom is 0.246 e. The summed E-state index contributed by atoms with van der Waals surface area (Å²) in [5.74, 6) is 0.889. The van der Waals surface area contributed by atoms with Crippen LogP contribution in [-0.2, 0) is 4.79 Å². The molecule has 2 aromatic carbocycles. The van der Waals surface area contributed by atoms with Gasteiger partial charge < -0.3 is 15.4 Å². The summed E-state index contributed by atoms with van der Waals surface area (Å²) >= 11 is 5.98. The van der Waals surface area contributed by atoms with Gasteiger partial charge >= 0.3 is 0 Å². The molecule has 0 aliphatic heterocycles. The first-order valence-electron chi connectivity index (χ1n) is 7.91. The maximum absolute atomic E-state index is 12.4. The van der Waals surface area contributed by atoms with Gasteiger partial charge in [-0.15, -0.1) is 0 Å². The van der Waals surface area contributed by atoms with Crippen molar-refractivity contribution in [3.63, 3.8) is 0 Å². The Bertz CT molecular complexity index is 699. The zero-order valence-corrected chi connectivity index (χ0v) is 15.1. The summed E-state index contributed by atoms with van der Waals surface area (Å²) < 4.78 is 5.24. The van der Waals surface area contributed by atoms with Gasteiger partial charge in [0.1, 0.15) is 11.8 Å². The minimum Gasteiger partial charge on any atom is -0.495 e. The van der Waals surface area contributed by atoms with Gasteiger partial charge in [0.15, 0.2) is 0 Å². The summed E-state index contributed by atoms with van der Waals surface area (Å²) in [6, 6.07) is 12.8. The van der Waals surface area contributed by atoms with E-state index in [1.165, 1.54) is 5.56 Å². The van der Waals surface area contributed by atoms with Crippen molar-refractivity contribution < 1.29 is 9.53 Å². The van der Waals surface area contributed by atoms with Crippen LogP contribution in [0.15, 0.2) is 42.5 Å². The summed E-state index contributed by atoms with van der Waals surface area (Å²) in [6.45, 7) is 6.11. The van der Waals surface area contributed by atoms with Gasteiger partial charge in [0.25, 0.3) is 0 Å². The number of carbonyl (C=O) groups excluding carboxylic acids is 1. The van der Waals surface area contributed by atoms with Gasteiger partial charge in [-0.2, -0.15) is 0 Å². The van der Waals surface area contributed by atoms with E-state index in [9.17, 15) is 4.79 Å². The van der Waals surface area contributed by atoms with Gasteiger partial charge in [0.2, 0.25) is 5.91 Å². The van der Waals surface area contributed by atoms with E-state index < -0.39 is 6.04 Å². The Morgan fingerprint density at radius 2 is 1.75 bits per heavy atom. The molecule has 0 spiro atoms. The van der Waals surface area contributed by atoms with Gasteiger partial charge in [-0.1, -0.05) is 37.6 Å². The molecule has 24 heavy (non-hydrogen) atoms. The molecule has 0 heterocycles. The fourth-order valence-corrected chi connectivity index (χ4v) is 2.47. The molecule has 1 atom stereocenters. The summed E-state index contributed by atoms with van der Waals surface area (Å²) in [6.07, 6.45) is 0. The van der Waals surface area contributed by atoms with Gasteiger partial charge in [-0.05, 0) is 48.7 Å². The number of hydrogen-bond donors (Lipinski definition) is 2. The van der Waals surface area contributed by atoms with E-state index in [1.807, 2.05) is 19.1 Å². The maximum atomic E-state index is 12.4. The van der Waals surface area contributed by atoms with Crippen molar-refractivity contribution >= 4 is 28.9 Å². The molecule has 0 aliphatic rings. The lowest BCUT2D eigenvalue weighted by molar-refractivity contribution is -0.116. The third-order valence-electron chi connectivity index (χ3n) is 3.77. The summed E-state index contributed by atoms with van der Waals surface area (Å²) in [5.41, 5.74) is 2.72. The quantitative estimate of drug-likeness (QED) is 0.781. The Balaban J connectivity index is 2.03. The molecule has 0 aromatic heterocycles. The molecular formula is C19H23ClN2O2. The third-order valence-corrected chi connectivity index (χ3v) is 4.01. The van der Waals surface area contributed by atoms with Gasteiger partial charge in [-0.3, -0.25) is 4.79 Å². The normalized spacial score (nSPS) is 11.9. The van der Waals surface area contributed by atoms with Crippen molar-refractivity contribution in [2.45, 2.75) is 32.7 Å². The Morgan fingerprint density at radius 3 is 2.33 bits per heavy atom. The number of rotatable bonds is 6.